The van der Waals surface area contributed by atoms with E-state index >= 15 is 0 Å². The number of carbonyl (C=O) groups excluding carboxylic acids is 1. The number of hydrogen-bond acceptors (Lipinski definition) is 2. The van der Waals surface area contributed by atoms with Crippen LogP contribution in [-0.2, 0) is 4.79 Å². The molecule has 0 N–H and O–H groups in total. The Morgan fingerprint density at radius 3 is 2.30 bits per heavy atom. The van der Waals surface area contributed by atoms with Gasteiger partial charge in [0.25, 0.3) is 0 Å². The van der Waals surface area contributed by atoms with Crippen molar-refractivity contribution in [2.45, 2.75) is 38.8 Å². The van der Waals surface area contributed by atoms with E-state index in [9.17, 15) is 18.0 Å². The fourth-order valence-electron chi connectivity index (χ4n) is 1.55. The van der Waals surface area contributed by atoms with Gasteiger partial charge in [0.15, 0.2) is 5.78 Å². The van der Waals surface area contributed by atoms with Crippen molar-refractivity contribution < 1.29 is 18.0 Å². The number of alkyl halides is 3. The van der Waals surface area contributed by atoms with Gasteiger partial charge in [0, 0.05) is 6.54 Å². The molecule has 1 aliphatic carbocycles. The van der Waals surface area contributed by atoms with E-state index in [-0.39, 0.29) is 18.0 Å². The highest BCUT2D eigenvalue weighted by Gasteiger charge is 2.35. The molecule has 0 aromatic rings. The molecule has 0 spiro atoms. The fraction of sp³-hybridized carbons (Fsp3) is 0.500. The topological polar surface area (TPSA) is 41.8 Å². The second-order valence-corrected chi connectivity index (χ2v) is 4.37. The summed E-state index contributed by atoms with van der Waals surface area (Å²) in [6.45, 7) is 2.14. The quantitative estimate of drug-likeness (QED) is 0.329. The molecule has 0 heterocycles. The first-order valence-electron chi connectivity index (χ1n) is 6.54. The van der Waals surface area contributed by atoms with Crippen LogP contribution in [0.5, 0.6) is 0 Å². The summed E-state index contributed by atoms with van der Waals surface area (Å²) < 4.78 is 38.3. The second-order valence-electron chi connectivity index (χ2n) is 4.37. The minimum atomic E-state index is -4.58. The number of unbranched alkanes of at least 4 members (excludes halogenated alkanes) is 3. The normalized spacial score (nSPS) is 15.9. The molecule has 0 unspecified atom stereocenters. The number of hydrogen-bond donors (Lipinski definition) is 0. The van der Waals surface area contributed by atoms with E-state index < -0.39 is 12.0 Å². The Kier molecular flexibility index (Phi) is 6.35. The van der Waals surface area contributed by atoms with Crippen molar-refractivity contribution >= 4 is 17.3 Å². The molecule has 0 radical (unpaired) electrons. The van der Waals surface area contributed by atoms with E-state index in [0.29, 0.717) is 6.42 Å². The van der Waals surface area contributed by atoms with Gasteiger partial charge >= 0.3 is 6.18 Å². The number of carbonyl (C=O) groups is 1. The summed E-state index contributed by atoms with van der Waals surface area (Å²) >= 11 is 0. The summed E-state index contributed by atoms with van der Waals surface area (Å²) in [5.41, 5.74) is 0.0780. The van der Waals surface area contributed by atoms with Gasteiger partial charge in [0.1, 0.15) is 0 Å². The first-order chi connectivity index (χ1) is 9.43. The maximum atomic E-state index is 12.8. The van der Waals surface area contributed by atoms with E-state index in [0.717, 1.165) is 19.3 Å². The summed E-state index contributed by atoms with van der Waals surface area (Å²) in [4.78, 5) is 17.9. The third-order valence-corrected chi connectivity index (χ3v) is 2.60. The number of rotatable bonds is 5. The molecule has 0 aromatic carbocycles. The SMILES string of the molecule is CCCCCCN=C(N=C1C=CC(=O)C=C1)C(F)(F)F. The summed E-state index contributed by atoms with van der Waals surface area (Å²) in [6.07, 6.45) is 3.74. The van der Waals surface area contributed by atoms with Crippen LogP contribution in [0.25, 0.3) is 0 Å². The number of aliphatic imine (C=N–C) groups is 2. The maximum Gasteiger partial charge on any atom is 0.451 e. The largest absolute Gasteiger partial charge is 0.451 e. The monoisotopic (exact) mass is 286 g/mol. The van der Waals surface area contributed by atoms with Gasteiger partial charge in [-0.3, -0.25) is 9.79 Å². The van der Waals surface area contributed by atoms with Gasteiger partial charge in [-0.2, -0.15) is 13.2 Å². The van der Waals surface area contributed by atoms with Gasteiger partial charge < -0.3 is 0 Å². The summed E-state index contributed by atoms with van der Waals surface area (Å²) in [6, 6.07) is 0. The molecule has 1 aliphatic rings. The lowest BCUT2D eigenvalue weighted by molar-refractivity contribution is -0.110. The van der Waals surface area contributed by atoms with Crippen LogP contribution >= 0.6 is 0 Å². The lowest BCUT2D eigenvalue weighted by Gasteiger charge is -2.07. The van der Waals surface area contributed by atoms with Crippen LogP contribution in [0.2, 0.25) is 0 Å². The van der Waals surface area contributed by atoms with Gasteiger partial charge in [-0.1, -0.05) is 26.2 Å². The van der Waals surface area contributed by atoms with Crippen LogP contribution in [0.1, 0.15) is 32.6 Å². The first kappa shape index (κ1) is 16.3. The van der Waals surface area contributed by atoms with Crippen molar-refractivity contribution in [3.8, 4) is 0 Å². The minimum absolute atomic E-state index is 0.0780. The van der Waals surface area contributed by atoms with Crippen LogP contribution in [0.4, 0.5) is 13.2 Å². The Morgan fingerprint density at radius 1 is 1.10 bits per heavy atom. The zero-order valence-electron chi connectivity index (χ0n) is 11.3. The van der Waals surface area contributed by atoms with Crippen molar-refractivity contribution in [3.05, 3.63) is 24.3 Å². The average Bonchev–Trinajstić information content (AvgIpc) is 2.38. The number of ketones is 1. The predicted octanol–water partition coefficient (Wildman–Crippen LogP) is 3.66. The smallest absolute Gasteiger partial charge is 0.290 e. The number of allylic oxidation sites excluding steroid dienone is 4. The molecule has 0 amide bonds. The summed E-state index contributed by atoms with van der Waals surface area (Å²) in [5.74, 6) is -1.42. The van der Waals surface area contributed by atoms with Crippen molar-refractivity contribution in [1.29, 1.82) is 0 Å². The molecule has 0 atom stereocenters. The Labute approximate surface area is 116 Å². The molecule has 0 fully saturated rings. The zero-order chi connectivity index (χ0) is 15.0. The number of halogens is 3. The Morgan fingerprint density at radius 2 is 1.75 bits per heavy atom. The molecule has 0 bridgehead atoms. The third kappa shape index (κ3) is 5.95. The predicted molar refractivity (Wildman–Crippen MR) is 73.2 cm³/mol. The van der Waals surface area contributed by atoms with Crippen LogP contribution in [0.3, 0.4) is 0 Å². The van der Waals surface area contributed by atoms with Crippen molar-refractivity contribution in [1.82, 2.24) is 0 Å². The van der Waals surface area contributed by atoms with Gasteiger partial charge in [-0.25, -0.2) is 4.99 Å². The van der Waals surface area contributed by atoms with Crippen molar-refractivity contribution in [3.63, 3.8) is 0 Å². The van der Waals surface area contributed by atoms with E-state index in [4.69, 9.17) is 0 Å². The molecular weight excluding hydrogens is 269 g/mol. The third-order valence-electron chi connectivity index (χ3n) is 2.60. The van der Waals surface area contributed by atoms with Crippen LogP contribution < -0.4 is 0 Å². The first-order valence-corrected chi connectivity index (χ1v) is 6.54. The number of nitrogens with zero attached hydrogens (tertiary/aromatic N) is 2. The molecule has 110 valence electrons. The van der Waals surface area contributed by atoms with Gasteiger partial charge in [-0.05, 0) is 30.7 Å². The highest BCUT2D eigenvalue weighted by molar-refractivity contribution is 6.19. The highest BCUT2D eigenvalue weighted by atomic mass is 19.4. The molecule has 3 nitrogen and oxygen atoms in total. The molecule has 0 aliphatic heterocycles. The molecular formula is C14H17F3N2O. The summed E-state index contributed by atoms with van der Waals surface area (Å²) in [7, 11) is 0. The van der Waals surface area contributed by atoms with Crippen molar-refractivity contribution in [2.24, 2.45) is 9.98 Å². The maximum absolute atomic E-state index is 12.8. The standard InChI is InChI=1S/C14H17F3N2O/c1-2-3-4-5-10-18-13(14(15,16)17)19-11-6-8-12(20)9-7-11/h6-9H,2-5,10H2,1H3. The van der Waals surface area contributed by atoms with E-state index in [2.05, 4.69) is 9.98 Å². The summed E-state index contributed by atoms with van der Waals surface area (Å²) in [5, 5.41) is 0. The van der Waals surface area contributed by atoms with E-state index in [1.54, 1.807) is 0 Å². The van der Waals surface area contributed by atoms with Crippen LogP contribution in [0, 0.1) is 0 Å². The second kappa shape index (κ2) is 7.77. The minimum Gasteiger partial charge on any atom is -0.290 e. The lowest BCUT2D eigenvalue weighted by Crippen LogP contribution is -2.23. The Hall–Kier alpha value is -1.72. The van der Waals surface area contributed by atoms with Crippen LogP contribution in [-0.4, -0.2) is 30.1 Å². The molecule has 1 rings (SSSR count). The van der Waals surface area contributed by atoms with Crippen molar-refractivity contribution in [2.75, 3.05) is 6.54 Å². The lowest BCUT2D eigenvalue weighted by atomic mass is 10.1. The van der Waals surface area contributed by atoms with E-state index in [1.807, 2.05) is 6.92 Å². The van der Waals surface area contributed by atoms with Crippen LogP contribution in [0.15, 0.2) is 34.3 Å². The number of amidine groups is 1. The van der Waals surface area contributed by atoms with Gasteiger partial charge in [0.2, 0.25) is 5.84 Å². The Bertz CT molecular complexity index is 442. The molecule has 0 aromatic heterocycles. The molecule has 0 saturated carbocycles. The molecule has 20 heavy (non-hydrogen) atoms. The fourth-order valence-corrected chi connectivity index (χ4v) is 1.55. The zero-order valence-corrected chi connectivity index (χ0v) is 11.3. The average molecular weight is 286 g/mol. The van der Waals surface area contributed by atoms with E-state index in [1.165, 1.54) is 24.3 Å². The highest BCUT2D eigenvalue weighted by Crippen LogP contribution is 2.19. The molecule has 6 heteroatoms. The van der Waals surface area contributed by atoms with Gasteiger partial charge in [0.05, 0.1) is 5.71 Å². The molecule has 0 saturated heterocycles. The Balaban J connectivity index is 2.73. The van der Waals surface area contributed by atoms with Gasteiger partial charge in [-0.15, -0.1) is 0 Å².